The monoisotopic (exact) mass is 316 g/mol. The van der Waals surface area contributed by atoms with Crippen LogP contribution in [0.4, 0.5) is 5.69 Å². The average Bonchev–Trinajstić information content (AvgIpc) is 2.87. The number of nitrogens with two attached hydrogens (primary N) is 1. The van der Waals surface area contributed by atoms with Crippen LogP contribution in [0.3, 0.4) is 0 Å². The van der Waals surface area contributed by atoms with Gasteiger partial charge in [-0.15, -0.1) is 11.3 Å². The number of hydrogen-bond donors (Lipinski definition) is 2. The Morgan fingerprint density at radius 2 is 2.14 bits per heavy atom. The maximum Gasteiger partial charge on any atom is 0.193 e. The Hall–Kier alpha value is -1.88. The molecule has 0 bridgehead atoms. The fourth-order valence-corrected chi connectivity index (χ4v) is 3.26. The van der Waals surface area contributed by atoms with Gasteiger partial charge in [0.25, 0.3) is 0 Å². The Balaban J connectivity index is 1.89. The van der Waals surface area contributed by atoms with E-state index in [0.29, 0.717) is 12.5 Å². The highest BCUT2D eigenvalue weighted by Gasteiger charge is 2.05. The first kappa shape index (κ1) is 16.5. The number of nitrogens with zero attached hydrogens (tertiary/aromatic N) is 2. The van der Waals surface area contributed by atoms with Gasteiger partial charge in [0, 0.05) is 23.5 Å². The second-order valence-electron chi connectivity index (χ2n) is 5.16. The van der Waals surface area contributed by atoms with Crippen LogP contribution in [0.15, 0.2) is 29.3 Å². The van der Waals surface area contributed by atoms with Crippen molar-refractivity contribution in [3.63, 3.8) is 0 Å². The molecular formula is C17H24N4S. The lowest BCUT2D eigenvalue weighted by Gasteiger charge is -2.06. The molecule has 1 aromatic heterocycles. The number of aromatic nitrogens is 1. The summed E-state index contributed by atoms with van der Waals surface area (Å²) in [5.74, 6) is 0.456. The SMILES string of the molecule is CCc1cccc(NC(N)=NCCc2nc(CC)c(C)s2)c1. The third-order valence-corrected chi connectivity index (χ3v) is 4.56. The molecule has 0 aliphatic heterocycles. The Morgan fingerprint density at radius 1 is 1.32 bits per heavy atom. The van der Waals surface area contributed by atoms with Gasteiger partial charge in [-0.3, -0.25) is 4.99 Å². The van der Waals surface area contributed by atoms with Crippen molar-refractivity contribution in [3.8, 4) is 0 Å². The minimum atomic E-state index is 0.456. The number of hydrogen-bond acceptors (Lipinski definition) is 3. The van der Waals surface area contributed by atoms with Crippen LogP contribution in [-0.2, 0) is 19.3 Å². The smallest absolute Gasteiger partial charge is 0.193 e. The van der Waals surface area contributed by atoms with Crippen LogP contribution in [0.2, 0.25) is 0 Å². The maximum atomic E-state index is 5.94. The summed E-state index contributed by atoms with van der Waals surface area (Å²) in [4.78, 5) is 10.3. The number of aryl methyl sites for hydroxylation is 3. The fraction of sp³-hybridized carbons (Fsp3) is 0.412. The largest absolute Gasteiger partial charge is 0.370 e. The summed E-state index contributed by atoms with van der Waals surface area (Å²) in [6, 6.07) is 8.23. The third-order valence-electron chi connectivity index (χ3n) is 3.49. The Kier molecular flexibility index (Phi) is 5.95. The van der Waals surface area contributed by atoms with Gasteiger partial charge in [0.05, 0.1) is 10.7 Å². The zero-order valence-corrected chi connectivity index (χ0v) is 14.3. The van der Waals surface area contributed by atoms with E-state index in [1.165, 1.54) is 16.1 Å². The number of benzene rings is 1. The van der Waals surface area contributed by atoms with Crippen LogP contribution < -0.4 is 11.1 Å². The molecule has 0 saturated carbocycles. The summed E-state index contributed by atoms with van der Waals surface area (Å²) in [7, 11) is 0. The molecule has 5 heteroatoms. The first-order valence-electron chi connectivity index (χ1n) is 7.73. The topological polar surface area (TPSA) is 63.3 Å². The average molecular weight is 316 g/mol. The van der Waals surface area contributed by atoms with E-state index in [4.69, 9.17) is 5.73 Å². The number of anilines is 1. The molecule has 22 heavy (non-hydrogen) atoms. The van der Waals surface area contributed by atoms with Gasteiger partial charge >= 0.3 is 0 Å². The molecule has 0 atom stereocenters. The van der Waals surface area contributed by atoms with Gasteiger partial charge in [0.15, 0.2) is 5.96 Å². The minimum Gasteiger partial charge on any atom is -0.370 e. The van der Waals surface area contributed by atoms with Crippen LogP contribution in [0, 0.1) is 6.92 Å². The van der Waals surface area contributed by atoms with Crippen molar-refractivity contribution in [1.29, 1.82) is 0 Å². The van der Waals surface area contributed by atoms with Gasteiger partial charge < -0.3 is 11.1 Å². The van der Waals surface area contributed by atoms with E-state index in [0.717, 1.165) is 30.0 Å². The number of rotatable bonds is 6. The van der Waals surface area contributed by atoms with Gasteiger partial charge in [-0.05, 0) is 37.5 Å². The second-order valence-corrected chi connectivity index (χ2v) is 6.45. The van der Waals surface area contributed by atoms with Gasteiger partial charge in [-0.2, -0.15) is 0 Å². The number of thiazole rings is 1. The zero-order valence-electron chi connectivity index (χ0n) is 13.5. The first-order chi connectivity index (χ1) is 10.6. The molecule has 0 radical (unpaired) electrons. The molecule has 0 unspecified atom stereocenters. The predicted molar refractivity (Wildman–Crippen MR) is 95.9 cm³/mol. The normalized spacial score (nSPS) is 11.7. The lowest BCUT2D eigenvalue weighted by Crippen LogP contribution is -2.23. The van der Waals surface area contributed by atoms with E-state index >= 15 is 0 Å². The van der Waals surface area contributed by atoms with Gasteiger partial charge in [0.2, 0.25) is 0 Å². The van der Waals surface area contributed by atoms with Crippen molar-refractivity contribution >= 4 is 23.0 Å². The van der Waals surface area contributed by atoms with Crippen molar-refractivity contribution in [2.24, 2.45) is 10.7 Å². The quantitative estimate of drug-likeness (QED) is 0.633. The summed E-state index contributed by atoms with van der Waals surface area (Å²) in [6.07, 6.45) is 2.83. The summed E-state index contributed by atoms with van der Waals surface area (Å²) in [5.41, 5.74) is 9.41. The van der Waals surface area contributed by atoms with Crippen LogP contribution in [0.25, 0.3) is 0 Å². The van der Waals surface area contributed by atoms with Crippen molar-refractivity contribution < 1.29 is 0 Å². The molecule has 0 aliphatic rings. The molecule has 0 spiro atoms. The van der Waals surface area contributed by atoms with Crippen LogP contribution in [0.5, 0.6) is 0 Å². The molecule has 1 heterocycles. The molecule has 1 aromatic carbocycles. The highest BCUT2D eigenvalue weighted by molar-refractivity contribution is 7.11. The predicted octanol–water partition coefficient (Wildman–Crippen LogP) is 3.55. The minimum absolute atomic E-state index is 0.456. The Bertz CT molecular complexity index is 646. The Morgan fingerprint density at radius 3 is 2.82 bits per heavy atom. The molecular weight excluding hydrogens is 292 g/mol. The highest BCUT2D eigenvalue weighted by Crippen LogP contribution is 2.18. The summed E-state index contributed by atoms with van der Waals surface area (Å²) in [6.45, 7) is 7.05. The molecule has 0 fully saturated rings. The van der Waals surface area contributed by atoms with E-state index in [1.54, 1.807) is 11.3 Å². The highest BCUT2D eigenvalue weighted by atomic mass is 32.1. The lowest BCUT2D eigenvalue weighted by atomic mass is 10.1. The summed E-state index contributed by atoms with van der Waals surface area (Å²) >= 11 is 1.76. The lowest BCUT2D eigenvalue weighted by molar-refractivity contribution is 0.925. The van der Waals surface area contributed by atoms with Crippen molar-refractivity contribution in [2.75, 3.05) is 11.9 Å². The second kappa shape index (κ2) is 7.94. The van der Waals surface area contributed by atoms with Crippen molar-refractivity contribution in [3.05, 3.63) is 45.4 Å². The maximum absolute atomic E-state index is 5.94. The van der Waals surface area contributed by atoms with Crippen LogP contribution >= 0.6 is 11.3 Å². The van der Waals surface area contributed by atoms with Crippen molar-refractivity contribution in [2.45, 2.75) is 40.0 Å². The molecule has 0 amide bonds. The molecule has 0 saturated heterocycles. The van der Waals surface area contributed by atoms with Gasteiger partial charge in [-0.1, -0.05) is 26.0 Å². The summed E-state index contributed by atoms with van der Waals surface area (Å²) < 4.78 is 0. The van der Waals surface area contributed by atoms with Crippen LogP contribution in [0.1, 0.15) is 35.0 Å². The number of nitrogens with one attached hydrogen (secondary N) is 1. The van der Waals surface area contributed by atoms with E-state index in [2.05, 4.69) is 48.2 Å². The fourth-order valence-electron chi connectivity index (χ4n) is 2.25. The third kappa shape index (κ3) is 4.56. The molecule has 118 valence electrons. The Labute approximate surface area is 136 Å². The number of aliphatic imine (C=N–C) groups is 1. The molecule has 3 N–H and O–H groups in total. The molecule has 2 rings (SSSR count). The van der Waals surface area contributed by atoms with Crippen molar-refractivity contribution in [1.82, 2.24) is 4.98 Å². The zero-order chi connectivity index (χ0) is 15.9. The molecule has 4 nitrogen and oxygen atoms in total. The van der Waals surface area contributed by atoms with E-state index in [-0.39, 0.29) is 0 Å². The van der Waals surface area contributed by atoms with Crippen LogP contribution in [-0.4, -0.2) is 17.5 Å². The summed E-state index contributed by atoms with van der Waals surface area (Å²) in [5, 5.41) is 4.28. The van der Waals surface area contributed by atoms with E-state index < -0.39 is 0 Å². The number of guanidine groups is 1. The molecule has 2 aromatic rings. The van der Waals surface area contributed by atoms with Gasteiger partial charge in [0.1, 0.15) is 0 Å². The van der Waals surface area contributed by atoms with E-state index in [1.807, 2.05) is 12.1 Å². The standard InChI is InChI=1S/C17H24N4S/c1-4-13-7-6-8-14(11-13)20-17(18)19-10-9-16-21-15(5-2)12(3)22-16/h6-8,11H,4-5,9-10H2,1-3H3,(H3,18,19,20). The molecule has 0 aliphatic carbocycles. The first-order valence-corrected chi connectivity index (χ1v) is 8.55. The van der Waals surface area contributed by atoms with Gasteiger partial charge in [-0.25, -0.2) is 4.98 Å². The van der Waals surface area contributed by atoms with E-state index in [9.17, 15) is 0 Å².